The van der Waals surface area contributed by atoms with E-state index in [1.54, 1.807) is 12.1 Å². The number of nitriles is 1. The van der Waals surface area contributed by atoms with Gasteiger partial charge < -0.3 is 10.1 Å². The molecule has 0 bridgehead atoms. The van der Waals surface area contributed by atoms with E-state index in [0.717, 1.165) is 4.31 Å². The number of ether oxygens (including phenoxy) is 1. The highest BCUT2D eigenvalue weighted by molar-refractivity contribution is 7.89. The van der Waals surface area contributed by atoms with Crippen molar-refractivity contribution >= 4 is 33.2 Å². The maximum atomic E-state index is 12.6. The second-order valence-electron chi connectivity index (χ2n) is 5.29. The van der Waals surface area contributed by atoms with Crippen LogP contribution in [0.15, 0.2) is 47.4 Å². The van der Waals surface area contributed by atoms with Crippen molar-refractivity contribution in [3.63, 3.8) is 0 Å². The lowest BCUT2D eigenvalue weighted by molar-refractivity contribution is -0.116. The molecule has 0 saturated heterocycles. The van der Waals surface area contributed by atoms with Gasteiger partial charge in [-0.15, -0.1) is 0 Å². The van der Waals surface area contributed by atoms with Gasteiger partial charge in [-0.25, -0.2) is 8.42 Å². The minimum Gasteiger partial charge on any atom is -0.495 e. The van der Waals surface area contributed by atoms with E-state index >= 15 is 0 Å². The molecule has 0 saturated carbocycles. The zero-order valence-electron chi connectivity index (χ0n) is 14.1. The third-order valence-electron chi connectivity index (χ3n) is 3.47. The van der Waals surface area contributed by atoms with Crippen LogP contribution in [0.4, 0.5) is 5.69 Å². The van der Waals surface area contributed by atoms with Crippen LogP contribution in [0.3, 0.4) is 0 Å². The Balaban J connectivity index is 2.16. The fourth-order valence-electron chi connectivity index (χ4n) is 2.16. The maximum absolute atomic E-state index is 12.6. The Kier molecular flexibility index (Phi) is 6.21. The van der Waals surface area contributed by atoms with E-state index in [9.17, 15) is 13.2 Å². The number of halogens is 1. The highest BCUT2D eigenvalue weighted by atomic mass is 35.5. The third kappa shape index (κ3) is 4.52. The van der Waals surface area contributed by atoms with Crippen molar-refractivity contribution < 1.29 is 17.9 Å². The molecular formula is C17H16ClN3O4S. The van der Waals surface area contributed by atoms with Crippen LogP contribution < -0.4 is 10.1 Å². The van der Waals surface area contributed by atoms with Crippen LogP contribution in [0.25, 0.3) is 0 Å². The van der Waals surface area contributed by atoms with Gasteiger partial charge in [-0.1, -0.05) is 17.7 Å². The molecule has 0 radical (unpaired) electrons. The fraction of sp³-hybridized carbons (Fsp3) is 0.176. The largest absolute Gasteiger partial charge is 0.495 e. The molecule has 26 heavy (non-hydrogen) atoms. The van der Waals surface area contributed by atoms with Crippen molar-refractivity contribution in [3.8, 4) is 11.8 Å². The predicted molar refractivity (Wildman–Crippen MR) is 97.6 cm³/mol. The highest BCUT2D eigenvalue weighted by Gasteiger charge is 2.23. The molecule has 0 heterocycles. The first kappa shape index (κ1) is 19.7. The van der Waals surface area contributed by atoms with E-state index in [2.05, 4.69) is 5.32 Å². The van der Waals surface area contributed by atoms with E-state index < -0.39 is 22.5 Å². The van der Waals surface area contributed by atoms with Gasteiger partial charge in [0, 0.05) is 12.1 Å². The average molecular weight is 394 g/mol. The minimum atomic E-state index is -3.92. The lowest BCUT2D eigenvalue weighted by Gasteiger charge is -2.17. The van der Waals surface area contributed by atoms with E-state index in [-0.39, 0.29) is 10.5 Å². The molecule has 0 aliphatic heterocycles. The van der Waals surface area contributed by atoms with Gasteiger partial charge in [0.25, 0.3) is 0 Å². The summed E-state index contributed by atoms with van der Waals surface area (Å²) in [5.74, 6) is -0.164. The van der Waals surface area contributed by atoms with Crippen LogP contribution in [-0.4, -0.2) is 39.3 Å². The monoisotopic (exact) mass is 393 g/mol. The summed E-state index contributed by atoms with van der Waals surface area (Å²) in [4.78, 5) is 12.2. The highest BCUT2D eigenvalue weighted by Crippen LogP contribution is 2.27. The lowest BCUT2D eigenvalue weighted by Crippen LogP contribution is -2.35. The normalized spacial score (nSPS) is 11.0. The number of amides is 1. The number of carbonyl (C=O) groups excluding carboxylic acids is 1. The molecule has 0 aromatic heterocycles. The molecule has 0 aliphatic rings. The third-order valence-corrected chi connectivity index (χ3v) is 5.51. The van der Waals surface area contributed by atoms with Gasteiger partial charge in [0.2, 0.25) is 15.9 Å². The molecule has 0 atom stereocenters. The zero-order chi connectivity index (χ0) is 19.3. The Morgan fingerprint density at radius 2 is 2.04 bits per heavy atom. The van der Waals surface area contributed by atoms with Gasteiger partial charge in [-0.05, 0) is 36.4 Å². The minimum absolute atomic E-state index is 0.0628. The number of nitrogens with one attached hydrogen (secondary N) is 1. The van der Waals surface area contributed by atoms with Gasteiger partial charge in [-0.2, -0.15) is 9.57 Å². The Labute approximate surface area is 156 Å². The molecule has 1 N–H and O–H groups in total. The molecule has 9 heteroatoms. The predicted octanol–water partition coefficient (Wildman–Crippen LogP) is 2.48. The number of benzene rings is 2. The summed E-state index contributed by atoms with van der Waals surface area (Å²) in [5.41, 5.74) is 0.551. The quantitative estimate of drug-likeness (QED) is 0.812. The average Bonchev–Trinajstić information content (AvgIpc) is 2.61. The van der Waals surface area contributed by atoms with Gasteiger partial charge in [0.05, 0.1) is 35.9 Å². The van der Waals surface area contributed by atoms with Crippen molar-refractivity contribution in [2.45, 2.75) is 4.90 Å². The number of methoxy groups -OCH3 is 1. The molecule has 136 valence electrons. The standard InChI is InChI=1S/C17H16ClN3O4S/c1-21(26(23,24)14-5-3-4-12(8-14)10-19)11-17(22)20-15-9-13(18)6-7-16(15)25-2/h3-9H,11H2,1-2H3,(H,20,22). The molecule has 0 unspecified atom stereocenters. The second-order valence-corrected chi connectivity index (χ2v) is 7.77. The summed E-state index contributed by atoms with van der Waals surface area (Å²) >= 11 is 5.90. The number of rotatable bonds is 6. The van der Waals surface area contributed by atoms with Crippen molar-refractivity contribution in [2.24, 2.45) is 0 Å². The molecule has 2 aromatic carbocycles. The fourth-order valence-corrected chi connectivity index (χ4v) is 3.51. The summed E-state index contributed by atoms with van der Waals surface area (Å²) in [5, 5.41) is 11.9. The first-order valence-corrected chi connectivity index (χ1v) is 9.19. The van der Waals surface area contributed by atoms with Crippen molar-refractivity contribution in [2.75, 3.05) is 26.0 Å². The van der Waals surface area contributed by atoms with Crippen LogP contribution in [-0.2, 0) is 14.8 Å². The molecule has 2 rings (SSSR count). The van der Waals surface area contributed by atoms with Gasteiger partial charge in [0.15, 0.2) is 0 Å². The molecule has 0 spiro atoms. The second kappa shape index (κ2) is 8.19. The van der Waals surface area contributed by atoms with E-state index in [0.29, 0.717) is 16.5 Å². The van der Waals surface area contributed by atoms with Crippen LogP contribution in [0.2, 0.25) is 5.02 Å². The first-order valence-electron chi connectivity index (χ1n) is 7.38. The Hall–Kier alpha value is -2.60. The van der Waals surface area contributed by atoms with E-state index in [4.69, 9.17) is 21.6 Å². The van der Waals surface area contributed by atoms with Crippen LogP contribution in [0, 0.1) is 11.3 Å². The number of anilines is 1. The van der Waals surface area contributed by atoms with Gasteiger partial charge in [0.1, 0.15) is 5.75 Å². The lowest BCUT2D eigenvalue weighted by atomic mass is 10.2. The number of sulfonamides is 1. The summed E-state index contributed by atoms with van der Waals surface area (Å²) in [6.45, 7) is -0.422. The summed E-state index contributed by atoms with van der Waals surface area (Å²) in [7, 11) is -1.20. The zero-order valence-corrected chi connectivity index (χ0v) is 15.6. The number of nitrogens with zero attached hydrogens (tertiary/aromatic N) is 2. The van der Waals surface area contributed by atoms with Gasteiger partial charge in [-0.3, -0.25) is 4.79 Å². The number of hydrogen-bond donors (Lipinski definition) is 1. The first-order chi connectivity index (χ1) is 12.3. The summed E-state index contributed by atoms with van der Waals surface area (Å²) in [6, 6.07) is 12.2. The summed E-state index contributed by atoms with van der Waals surface area (Å²) in [6.07, 6.45) is 0. The topological polar surface area (TPSA) is 99.5 Å². The van der Waals surface area contributed by atoms with E-state index in [1.807, 2.05) is 6.07 Å². The molecule has 0 aliphatic carbocycles. The smallest absolute Gasteiger partial charge is 0.243 e. The molecule has 2 aromatic rings. The Bertz CT molecular complexity index is 970. The molecule has 1 amide bonds. The maximum Gasteiger partial charge on any atom is 0.243 e. The van der Waals surface area contributed by atoms with Crippen LogP contribution in [0.1, 0.15) is 5.56 Å². The van der Waals surface area contributed by atoms with Crippen LogP contribution in [0.5, 0.6) is 5.75 Å². The van der Waals surface area contributed by atoms with Crippen molar-refractivity contribution in [3.05, 3.63) is 53.1 Å². The van der Waals surface area contributed by atoms with Crippen molar-refractivity contribution in [1.29, 1.82) is 5.26 Å². The Morgan fingerprint density at radius 1 is 1.31 bits per heavy atom. The molecule has 0 fully saturated rings. The Morgan fingerprint density at radius 3 is 2.69 bits per heavy atom. The summed E-state index contributed by atoms with van der Waals surface area (Å²) < 4.78 is 31.1. The number of carbonyl (C=O) groups is 1. The van der Waals surface area contributed by atoms with E-state index in [1.165, 1.54) is 44.5 Å². The number of hydrogen-bond acceptors (Lipinski definition) is 5. The van der Waals surface area contributed by atoms with Crippen LogP contribution >= 0.6 is 11.6 Å². The van der Waals surface area contributed by atoms with Gasteiger partial charge >= 0.3 is 0 Å². The molecular weight excluding hydrogens is 378 g/mol. The van der Waals surface area contributed by atoms with Crippen molar-refractivity contribution in [1.82, 2.24) is 4.31 Å². The SMILES string of the molecule is COc1ccc(Cl)cc1NC(=O)CN(C)S(=O)(=O)c1cccc(C#N)c1. The molecule has 7 nitrogen and oxygen atoms in total. The number of likely N-dealkylation sites (N-methyl/N-ethyl adjacent to an activating group) is 1.